The van der Waals surface area contributed by atoms with Crippen molar-refractivity contribution < 1.29 is 24.5 Å². The van der Waals surface area contributed by atoms with E-state index < -0.39 is 18.2 Å². The number of amides is 1. The van der Waals surface area contributed by atoms with Gasteiger partial charge in [0.05, 0.1) is 17.7 Å². The highest BCUT2D eigenvalue weighted by Gasteiger charge is 2.42. The zero-order valence-electron chi connectivity index (χ0n) is 11.4. The van der Waals surface area contributed by atoms with Gasteiger partial charge in [-0.2, -0.15) is 0 Å². The summed E-state index contributed by atoms with van der Waals surface area (Å²) in [4.78, 5) is 12.2. The first-order chi connectivity index (χ1) is 10.1. The van der Waals surface area contributed by atoms with Crippen molar-refractivity contribution >= 4 is 11.5 Å². The van der Waals surface area contributed by atoms with Gasteiger partial charge in [0, 0.05) is 5.92 Å². The van der Waals surface area contributed by atoms with Crippen molar-refractivity contribution in [3.63, 3.8) is 0 Å². The molecule has 4 unspecified atom stereocenters. The molecular weight excluding hydrogens is 274 g/mol. The van der Waals surface area contributed by atoms with Gasteiger partial charge in [-0.1, -0.05) is 13.0 Å². The molecule has 1 aromatic carbocycles. The minimum atomic E-state index is -1.03. The Morgan fingerprint density at radius 3 is 2.52 bits per heavy atom. The molecular formula is C15H15NO5. The lowest BCUT2D eigenvalue weighted by molar-refractivity contribution is -0.0167. The molecule has 3 N–H and O–H groups in total. The molecule has 6 nitrogen and oxygen atoms in total. The van der Waals surface area contributed by atoms with E-state index >= 15 is 0 Å². The molecule has 0 saturated carbocycles. The van der Waals surface area contributed by atoms with Gasteiger partial charge in [-0.05, 0) is 23.3 Å². The van der Waals surface area contributed by atoms with Gasteiger partial charge in [0.1, 0.15) is 6.10 Å². The molecule has 0 aromatic heterocycles. The highest BCUT2D eigenvalue weighted by molar-refractivity contribution is 6.05. The number of carbonyl (C=O) groups is 1. The van der Waals surface area contributed by atoms with Crippen molar-refractivity contribution in [2.45, 2.75) is 25.2 Å². The van der Waals surface area contributed by atoms with Gasteiger partial charge in [-0.3, -0.25) is 4.79 Å². The smallest absolute Gasteiger partial charge is 0.252 e. The van der Waals surface area contributed by atoms with Crippen LogP contribution in [0, 0.1) is 5.92 Å². The third-order valence-electron chi connectivity index (χ3n) is 4.36. The second kappa shape index (κ2) is 4.22. The number of aliphatic hydroxyl groups excluding tert-OH is 2. The minimum absolute atomic E-state index is 0.139. The molecule has 110 valence electrons. The summed E-state index contributed by atoms with van der Waals surface area (Å²) in [5.74, 6) is 0.662. The second-order valence-corrected chi connectivity index (χ2v) is 5.66. The monoisotopic (exact) mass is 289 g/mol. The highest BCUT2D eigenvalue weighted by Crippen LogP contribution is 2.42. The lowest BCUT2D eigenvalue weighted by Gasteiger charge is -2.39. The molecule has 2 heterocycles. The summed E-state index contributed by atoms with van der Waals surface area (Å²) in [6, 6.07) is 2.83. The molecule has 21 heavy (non-hydrogen) atoms. The first kappa shape index (κ1) is 12.7. The molecule has 4 atom stereocenters. The first-order valence-corrected chi connectivity index (χ1v) is 6.89. The number of benzene rings is 1. The second-order valence-electron chi connectivity index (χ2n) is 5.66. The number of nitrogens with one attached hydrogen (secondary N) is 1. The average Bonchev–Trinajstić information content (AvgIpc) is 2.92. The van der Waals surface area contributed by atoms with Crippen molar-refractivity contribution in [3.8, 4) is 11.5 Å². The standard InChI is InChI=1S/C15H15NO5/c1-6-2-8-7-3-10-11(21-5-20-10)4-9(7)15(19)16-12(8)14(18)13(6)17/h2-4,6,12-14,17-18H,5H2,1H3,(H,16,19). The van der Waals surface area contributed by atoms with Crippen LogP contribution in [0.4, 0.5) is 0 Å². The number of rotatable bonds is 0. The van der Waals surface area contributed by atoms with Crippen molar-refractivity contribution in [2.24, 2.45) is 5.92 Å². The third-order valence-corrected chi connectivity index (χ3v) is 4.36. The zero-order valence-corrected chi connectivity index (χ0v) is 11.4. The van der Waals surface area contributed by atoms with E-state index in [0.29, 0.717) is 17.1 Å². The molecule has 4 rings (SSSR count). The first-order valence-electron chi connectivity index (χ1n) is 6.89. The number of carbonyl (C=O) groups excluding carboxylic acids is 1. The van der Waals surface area contributed by atoms with Crippen molar-refractivity contribution in [1.29, 1.82) is 0 Å². The Kier molecular flexibility index (Phi) is 2.55. The van der Waals surface area contributed by atoms with Crippen LogP contribution in [0.5, 0.6) is 11.5 Å². The largest absolute Gasteiger partial charge is 0.454 e. The molecule has 1 aromatic rings. The lowest BCUT2D eigenvalue weighted by atomic mass is 9.77. The van der Waals surface area contributed by atoms with Crippen LogP contribution in [0.1, 0.15) is 22.8 Å². The Balaban J connectivity index is 1.90. The maximum atomic E-state index is 12.2. The van der Waals surface area contributed by atoms with E-state index in [1.807, 2.05) is 13.0 Å². The molecule has 2 aliphatic heterocycles. The van der Waals surface area contributed by atoms with Gasteiger partial charge in [0.15, 0.2) is 11.5 Å². The summed E-state index contributed by atoms with van der Waals surface area (Å²) >= 11 is 0. The van der Waals surface area contributed by atoms with Gasteiger partial charge in [0.25, 0.3) is 5.91 Å². The van der Waals surface area contributed by atoms with E-state index in [0.717, 1.165) is 11.1 Å². The summed E-state index contributed by atoms with van der Waals surface area (Å²) in [6.45, 7) is 1.97. The maximum absolute atomic E-state index is 12.2. The lowest BCUT2D eigenvalue weighted by Crippen LogP contribution is -2.55. The number of aliphatic hydroxyl groups is 2. The molecule has 0 fully saturated rings. The van der Waals surface area contributed by atoms with Crippen LogP contribution >= 0.6 is 0 Å². The average molecular weight is 289 g/mol. The van der Waals surface area contributed by atoms with Crippen LogP contribution in [-0.2, 0) is 0 Å². The molecule has 3 aliphatic rings. The number of hydrogen-bond donors (Lipinski definition) is 3. The van der Waals surface area contributed by atoms with E-state index in [4.69, 9.17) is 9.47 Å². The van der Waals surface area contributed by atoms with Crippen LogP contribution in [0.15, 0.2) is 18.2 Å². The summed E-state index contributed by atoms with van der Waals surface area (Å²) in [5, 5.41) is 23.0. The van der Waals surface area contributed by atoms with Crippen LogP contribution in [-0.4, -0.2) is 41.2 Å². The Labute approximate surface area is 121 Å². The Hall–Kier alpha value is -2.05. The summed E-state index contributed by atoms with van der Waals surface area (Å²) in [5.41, 5.74) is 2.04. The molecule has 0 saturated heterocycles. The topological polar surface area (TPSA) is 88.0 Å². The minimum Gasteiger partial charge on any atom is -0.454 e. The predicted octanol–water partition coefficient (Wildman–Crippen LogP) is 0.282. The Morgan fingerprint density at radius 1 is 1.14 bits per heavy atom. The highest BCUT2D eigenvalue weighted by atomic mass is 16.7. The molecule has 1 amide bonds. The van der Waals surface area contributed by atoms with E-state index in [-0.39, 0.29) is 18.6 Å². The van der Waals surface area contributed by atoms with E-state index in [2.05, 4.69) is 5.32 Å². The van der Waals surface area contributed by atoms with E-state index in [1.54, 1.807) is 12.1 Å². The summed E-state index contributed by atoms with van der Waals surface area (Å²) in [6.07, 6.45) is -0.0279. The van der Waals surface area contributed by atoms with Crippen LogP contribution < -0.4 is 14.8 Å². The van der Waals surface area contributed by atoms with Crippen molar-refractivity contribution in [2.75, 3.05) is 6.79 Å². The van der Waals surface area contributed by atoms with Gasteiger partial charge in [-0.25, -0.2) is 0 Å². The van der Waals surface area contributed by atoms with Gasteiger partial charge < -0.3 is 25.0 Å². The maximum Gasteiger partial charge on any atom is 0.252 e. The number of ether oxygens (including phenoxy) is 2. The number of fused-ring (bicyclic) bond motifs is 4. The van der Waals surface area contributed by atoms with Crippen molar-refractivity contribution in [1.82, 2.24) is 5.32 Å². The molecule has 0 bridgehead atoms. The summed E-state index contributed by atoms with van der Waals surface area (Å²) < 4.78 is 10.7. The van der Waals surface area contributed by atoms with Crippen LogP contribution in [0.25, 0.3) is 5.57 Å². The fourth-order valence-electron chi connectivity index (χ4n) is 3.19. The molecule has 6 heteroatoms. The zero-order chi connectivity index (χ0) is 14.7. The molecule has 0 spiro atoms. The van der Waals surface area contributed by atoms with E-state index in [1.165, 1.54) is 0 Å². The predicted molar refractivity (Wildman–Crippen MR) is 73.0 cm³/mol. The fraction of sp³-hybridized carbons (Fsp3) is 0.400. The normalized spacial score (nSPS) is 32.9. The quantitative estimate of drug-likeness (QED) is 0.638. The van der Waals surface area contributed by atoms with Gasteiger partial charge >= 0.3 is 0 Å². The van der Waals surface area contributed by atoms with Crippen LogP contribution in [0.3, 0.4) is 0 Å². The fourth-order valence-corrected chi connectivity index (χ4v) is 3.19. The SMILES string of the molecule is CC1C=C2c3cc4c(cc3C(=O)NC2C(O)C1O)OCO4. The summed E-state index contributed by atoms with van der Waals surface area (Å²) in [7, 11) is 0. The van der Waals surface area contributed by atoms with Gasteiger partial charge in [-0.15, -0.1) is 0 Å². The third kappa shape index (κ3) is 1.69. The van der Waals surface area contributed by atoms with E-state index in [9.17, 15) is 15.0 Å². The number of hydrogen-bond acceptors (Lipinski definition) is 5. The molecule has 1 aliphatic carbocycles. The van der Waals surface area contributed by atoms with Gasteiger partial charge in [0.2, 0.25) is 6.79 Å². The Morgan fingerprint density at radius 2 is 1.81 bits per heavy atom. The van der Waals surface area contributed by atoms with Crippen molar-refractivity contribution in [3.05, 3.63) is 29.3 Å². The Bertz CT molecular complexity index is 668. The van der Waals surface area contributed by atoms with Crippen LogP contribution in [0.2, 0.25) is 0 Å². The molecule has 0 radical (unpaired) electrons.